The van der Waals surface area contributed by atoms with E-state index in [0.29, 0.717) is 42.8 Å². The number of hydrogen-bond acceptors (Lipinski definition) is 4. The van der Waals surface area contributed by atoms with Crippen molar-refractivity contribution in [3.05, 3.63) is 70.9 Å². The molecule has 4 rings (SSSR count). The first-order valence-electron chi connectivity index (χ1n) is 12.9. The maximum Gasteiger partial charge on any atom is 0.410 e. The Labute approximate surface area is 223 Å². The van der Waals surface area contributed by atoms with Gasteiger partial charge in [-0.15, -0.1) is 0 Å². The molecular formula is C29H36ClN3O4. The number of carbonyl (C=O) groups is 2. The third kappa shape index (κ3) is 7.49. The van der Waals surface area contributed by atoms with Crippen LogP contribution >= 0.6 is 11.6 Å². The second-order valence-corrected chi connectivity index (χ2v) is 11.0. The maximum absolute atomic E-state index is 13.1. The third-order valence-electron chi connectivity index (χ3n) is 6.62. The number of nitrogens with one attached hydrogen (secondary N) is 2. The highest BCUT2D eigenvalue weighted by Crippen LogP contribution is 2.25. The number of halogens is 1. The summed E-state index contributed by atoms with van der Waals surface area (Å²) < 4.78 is 11.5. The fourth-order valence-corrected chi connectivity index (χ4v) is 4.78. The van der Waals surface area contributed by atoms with Gasteiger partial charge in [0.1, 0.15) is 5.60 Å². The normalized spacial score (nSPS) is 15.5. The highest BCUT2D eigenvalue weighted by atomic mass is 35.5. The molecule has 1 aliphatic rings. The zero-order valence-corrected chi connectivity index (χ0v) is 22.5. The second kappa shape index (κ2) is 12.0. The number of nitrogens with zero attached hydrogens (tertiary/aromatic N) is 1. The van der Waals surface area contributed by atoms with Gasteiger partial charge in [-0.1, -0.05) is 48.0 Å². The standard InChI is InChI=1S/C29H36ClN3O4/c1-29(2,3)37-28(35)33-14-11-20(12-15-33)13-16-36-19-26(21-7-5-4-6-8-21)32-27(34)22-9-10-23-24(30)18-31-25(23)17-22/h4-10,17-18,20,26,31H,11-16,19H2,1-3H3,(H,32,34)/t26-/m0/s1. The van der Waals surface area contributed by atoms with E-state index in [9.17, 15) is 9.59 Å². The number of ether oxygens (including phenoxy) is 2. The molecule has 1 saturated heterocycles. The average molecular weight is 526 g/mol. The van der Waals surface area contributed by atoms with Gasteiger partial charge in [0.25, 0.3) is 5.91 Å². The maximum atomic E-state index is 13.1. The summed E-state index contributed by atoms with van der Waals surface area (Å²) in [4.78, 5) is 30.2. The van der Waals surface area contributed by atoms with Gasteiger partial charge >= 0.3 is 6.09 Å². The van der Waals surface area contributed by atoms with Crippen LogP contribution in [0.5, 0.6) is 0 Å². The molecule has 1 aromatic heterocycles. The fraction of sp³-hybridized carbons (Fsp3) is 0.448. The lowest BCUT2D eigenvalue weighted by atomic mass is 9.94. The molecule has 37 heavy (non-hydrogen) atoms. The minimum absolute atomic E-state index is 0.167. The Balaban J connectivity index is 1.27. The fourth-order valence-electron chi connectivity index (χ4n) is 4.56. The van der Waals surface area contributed by atoms with E-state index in [0.717, 1.165) is 35.7 Å². The highest BCUT2D eigenvalue weighted by molar-refractivity contribution is 6.35. The number of H-pyrrole nitrogens is 1. The van der Waals surface area contributed by atoms with E-state index in [1.54, 1.807) is 17.2 Å². The summed E-state index contributed by atoms with van der Waals surface area (Å²) in [6, 6.07) is 15.0. The molecule has 2 aromatic carbocycles. The first-order chi connectivity index (χ1) is 17.7. The van der Waals surface area contributed by atoms with E-state index in [-0.39, 0.29) is 18.0 Å². The number of aromatic amines is 1. The first-order valence-corrected chi connectivity index (χ1v) is 13.3. The monoisotopic (exact) mass is 525 g/mol. The number of likely N-dealkylation sites (tertiary alicyclic amines) is 1. The quantitative estimate of drug-likeness (QED) is 0.336. The molecule has 2 amide bonds. The van der Waals surface area contributed by atoms with Crippen molar-refractivity contribution in [1.82, 2.24) is 15.2 Å². The third-order valence-corrected chi connectivity index (χ3v) is 6.93. The van der Waals surface area contributed by atoms with Crippen molar-refractivity contribution < 1.29 is 19.1 Å². The van der Waals surface area contributed by atoms with Crippen LogP contribution < -0.4 is 5.32 Å². The summed E-state index contributed by atoms with van der Waals surface area (Å²) >= 11 is 6.17. The Kier molecular flexibility index (Phi) is 8.77. The molecule has 198 valence electrons. The van der Waals surface area contributed by atoms with Crippen molar-refractivity contribution in [3.8, 4) is 0 Å². The van der Waals surface area contributed by atoms with Crippen LogP contribution in [0.25, 0.3) is 10.9 Å². The number of aromatic nitrogens is 1. The van der Waals surface area contributed by atoms with Crippen molar-refractivity contribution in [3.63, 3.8) is 0 Å². The predicted molar refractivity (Wildman–Crippen MR) is 146 cm³/mol. The van der Waals surface area contributed by atoms with Crippen LogP contribution in [-0.2, 0) is 9.47 Å². The molecule has 0 aliphatic carbocycles. The lowest BCUT2D eigenvalue weighted by Gasteiger charge is -2.33. The van der Waals surface area contributed by atoms with E-state index in [4.69, 9.17) is 21.1 Å². The number of carbonyl (C=O) groups excluding carboxylic acids is 2. The number of amides is 2. The highest BCUT2D eigenvalue weighted by Gasteiger charge is 2.27. The number of piperidine rings is 1. The number of rotatable bonds is 8. The number of fused-ring (bicyclic) bond motifs is 1. The van der Waals surface area contributed by atoms with Crippen molar-refractivity contribution in [2.24, 2.45) is 5.92 Å². The minimum atomic E-state index is -0.477. The molecule has 1 atom stereocenters. The average Bonchev–Trinajstić information content (AvgIpc) is 3.25. The van der Waals surface area contributed by atoms with Crippen LogP contribution in [0.4, 0.5) is 4.79 Å². The van der Waals surface area contributed by atoms with Gasteiger partial charge in [-0.05, 0) is 63.6 Å². The molecule has 0 radical (unpaired) electrons. The molecule has 0 bridgehead atoms. The van der Waals surface area contributed by atoms with Crippen molar-refractivity contribution in [2.75, 3.05) is 26.3 Å². The van der Waals surface area contributed by atoms with Crippen LogP contribution in [0.15, 0.2) is 54.7 Å². The van der Waals surface area contributed by atoms with E-state index in [1.165, 1.54) is 0 Å². The molecule has 0 spiro atoms. The lowest BCUT2D eigenvalue weighted by Crippen LogP contribution is -2.41. The lowest BCUT2D eigenvalue weighted by molar-refractivity contribution is 0.0163. The Morgan fingerprint density at radius 2 is 1.86 bits per heavy atom. The van der Waals surface area contributed by atoms with E-state index < -0.39 is 5.60 Å². The first kappa shape index (κ1) is 27.0. The zero-order chi connectivity index (χ0) is 26.4. The largest absolute Gasteiger partial charge is 0.444 e. The van der Waals surface area contributed by atoms with Crippen LogP contribution in [0, 0.1) is 5.92 Å². The van der Waals surface area contributed by atoms with E-state index in [2.05, 4.69) is 10.3 Å². The second-order valence-electron chi connectivity index (χ2n) is 10.6. The van der Waals surface area contributed by atoms with E-state index in [1.807, 2.05) is 63.2 Å². The molecule has 0 saturated carbocycles. The summed E-state index contributed by atoms with van der Waals surface area (Å²) in [5.41, 5.74) is 1.89. The molecule has 3 aromatic rings. The Morgan fingerprint density at radius 3 is 2.57 bits per heavy atom. The van der Waals surface area contributed by atoms with Gasteiger partial charge < -0.3 is 24.7 Å². The Bertz CT molecular complexity index is 1200. The molecule has 1 aliphatic heterocycles. The van der Waals surface area contributed by atoms with Gasteiger partial charge in [0, 0.05) is 42.4 Å². The SMILES string of the molecule is CC(C)(C)OC(=O)N1CCC(CCOC[C@H](NC(=O)c2ccc3c(Cl)c[nH]c3c2)c2ccccc2)CC1. The van der Waals surface area contributed by atoms with Gasteiger partial charge in [-0.2, -0.15) is 0 Å². The Morgan fingerprint density at radius 1 is 1.14 bits per heavy atom. The molecule has 2 N–H and O–H groups in total. The molecule has 7 nitrogen and oxygen atoms in total. The minimum Gasteiger partial charge on any atom is -0.444 e. The van der Waals surface area contributed by atoms with Gasteiger partial charge in [0.05, 0.1) is 17.7 Å². The summed E-state index contributed by atoms with van der Waals surface area (Å²) in [6.07, 6.45) is 4.28. The van der Waals surface area contributed by atoms with Gasteiger partial charge in [0.2, 0.25) is 0 Å². The van der Waals surface area contributed by atoms with Gasteiger partial charge in [0.15, 0.2) is 0 Å². The van der Waals surface area contributed by atoms with Crippen molar-refractivity contribution in [2.45, 2.75) is 51.7 Å². The smallest absolute Gasteiger partial charge is 0.410 e. The van der Waals surface area contributed by atoms with Gasteiger partial charge in [-0.25, -0.2) is 4.79 Å². The predicted octanol–water partition coefficient (Wildman–Crippen LogP) is 6.35. The summed E-state index contributed by atoms with van der Waals surface area (Å²) in [6.45, 7) is 8.05. The zero-order valence-electron chi connectivity index (χ0n) is 21.8. The van der Waals surface area contributed by atoms with Crippen molar-refractivity contribution in [1.29, 1.82) is 0 Å². The van der Waals surface area contributed by atoms with Crippen LogP contribution in [-0.4, -0.2) is 53.8 Å². The van der Waals surface area contributed by atoms with Crippen LogP contribution in [0.1, 0.15) is 62.0 Å². The molecular weight excluding hydrogens is 490 g/mol. The summed E-state index contributed by atoms with van der Waals surface area (Å²) in [7, 11) is 0. The van der Waals surface area contributed by atoms with Crippen molar-refractivity contribution >= 4 is 34.5 Å². The van der Waals surface area contributed by atoms with E-state index >= 15 is 0 Å². The van der Waals surface area contributed by atoms with Crippen LogP contribution in [0.3, 0.4) is 0 Å². The number of benzene rings is 2. The number of hydrogen-bond donors (Lipinski definition) is 2. The summed E-state index contributed by atoms with van der Waals surface area (Å²) in [5.74, 6) is 0.336. The molecule has 2 heterocycles. The molecule has 1 fully saturated rings. The topological polar surface area (TPSA) is 83.7 Å². The molecule has 8 heteroatoms. The Hall–Kier alpha value is -3.03. The summed E-state index contributed by atoms with van der Waals surface area (Å²) in [5, 5.41) is 4.65. The van der Waals surface area contributed by atoms with Gasteiger partial charge in [-0.3, -0.25) is 4.79 Å². The van der Waals surface area contributed by atoms with Crippen LogP contribution in [0.2, 0.25) is 5.02 Å². The molecule has 0 unspecified atom stereocenters.